The van der Waals surface area contributed by atoms with Crippen LogP contribution in [0.2, 0.25) is 0 Å². The van der Waals surface area contributed by atoms with E-state index in [4.69, 9.17) is 4.74 Å². The number of ether oxygens (including phenoxy) is 1. The van der Waals surface area contributed by atoms with Crippen molar-refractivity contribution in [3.05, 3.63) is 40.5 Å². The molecule has 1 aromatic carbocycles. The Balaban J connectivity index is 2.28. The first-order chi connectivity index (χ1) is 8.58. The van der Waals surface area contributed by atoms with Gasteiger partial charge in [-0.2, -0.15) is 0 Å². The Morgan fingerprint density at radius 3 is 2.72 bits per heavy atom. The highest BCUT2D eigenvalue weighted by molar-refractivity contribution is 9.10. The van der Waals surface area contributed by atoms with E-state index in [2.05, 4.69) is 31.2 Å². The number of methoxy groups -OCH3 is 1. The molecule has 0 aliphatic carbocycles. The fourth-order valence-electron chi connectivity index (χ4n) is 1.48. The van der Waals surface area contributed by atoms with Crippen LogP contribution in [0.15, 0.2) is 28.9 Å². The summed E-state index contributed by atoms with van der Waals surface area (Å²) in [6.45, 7) is 1.79. The van der Waals surface area contributed by atoms with Crippen LogP contribution in [-0.2, 0) is 0 Å². The summed E-state index contributed by atoms with van der Waals surface area (Å²) in [4.78, 5) is 8.33. The molecule has 0 bridgehead atoms. The first-order valence-electron chi connectivity index (χ1n) is 5.20. The highest BCUT2D eigenvalue weighted by Crippen LogP contribution is 2.24. The van der Waals surface area contributed by atoms with Crippen molar-refractivity contribution in [2.75, 3.05) is 12.4 Å². The molecule has 4 nitrogen and oxygen atoms in total. The molecule has 2 rings (SSSR count). The molecule has 0 aliphatic rings. The smallest absolute Gasteiger partial charge is 0.165 e. The van der Waals surface area contributed by atoms with E-state index in [9.17, 15) is 4.39 Å². The molecule has 0 atom stereocenters. The molecule has 0 amide bonds. The van der Waals surface area contributed by atoms with Gasteiger partial charge < -0.3 is 10.1 Å². The van der Waals surface area contributed by atoms with Crippen LogP contribution < -0.4 is 10.1 Å². The quantitative estimate of drug-likeness (QED) is 0.882. The summed E-state index contributed by atoms with van der Waals surface area (Å²) in [6.07, 6.45) is 0. The van der Waals surface area contributed by atoms with Gasteiger partial charge >= 0.3 is 0 Å². The van der Waals surface area contributed by atoms with E-state index < -0.39 is 5.82 Å². The lowest BCUT2D eigenvalue weighted by atomic mass is 10.3. The van der Waals surface area contributed by atoms with Gasteiger partial charge in [0.25, 0.3) is 0 Å². The van der Waals surface area contributed by atoms with Crippen molar-refractivity contribution < 1.29 is 9.13 Å². The molecule has 0 aliphatic heterocycles. The fourth-order valence-corrected chi connectivity index (χ4v) is 1.95. The van der Waals surface area contributed by atoms with Gasteiger partial charge in [0.15, 0.2) is 11.6 Å². The van der Waals surface area contributed by atoms with Crippen molar-refractivity contribution in [3.8, 4) is 5.75 Å². The zero-order valence-corrected chi connectivity index (χ0v) is 11.5. The Morgan fingerprint density at radius 2 is 2.06 bits per heavy atom. The number of benzene rings is 1. The van der Waals surface area contributed by atoms with E-state index in [1.807, 2.05) is 0 Å². The molecule has 1 heterocycles. The number of hydrogen-bond donors (Lipinski definition) is 1. The van der Waals surface area contributed by atoms with Crippen LogP contribution in [0.1, 0.15) is 5.82 Å². The van der Waals surface area contributed by atoms with Crippen LogP contribution in [0.25, 0.3) is 0 Å². The topological polar surface area (TPSA) is 47.0 Å². The summed E-state index contributed by atoms with van der Waals surface area (Å²) in [5, 5.41) is 3.06. The Bertz CT molecular complexity index is 557. The molecule has 0 fully saturated rings. The lowest BCUT2D eigenvalue weighted by Gasteiger charge is -2.08. The number of aryl methyl sites for hydroxylation is 1. The number of aromatic nitrogens is 2. The molecular formula is C12H11BrFN3O. The Hall–Kier alpha value is -1.69. The second-order valence-corrected chi connectivity index (χ2v) is 4.41. The standard InChI is InChI=1S/C12H11BrFN3O/c1-7-15-11(13)6-12(16-7)17-8-3-4-9(14)10(5-8)18-2/h3-6H,1-2H3,(H,15,16,17). The maximum atomic E-state index is 13.3. The zero-order chi connectivity index (χ0) is 13.1. The molecule has 18 heavy (non-hydrogen) atoms. The van der Waals surface area contributed by atoms with Gasteiger partial charge in [-0.15, -0.1) is 0 Å². The van der Waals surface area contributed by atoms with Crippen LogP contribution >= 0.6 is 15.9 Å². The van der Waals surface area contributed by atoms with E-state index in [0.29, 0.717) is 21.9 Å². The van der Waals surface area contributed by atoms with E-state index in [1.54, 1.807) is 25.1 Å². The van der Waals surface area contributed by atoms with Gasteiger partial charge in [0.05, 0.1) is 7.11 Å². The summed E-state index contributed by atoms with van der Waals surface area (Å²) in [5.41, 5.74) is 0.693. The lowest BCUT2D eigenvalue weighted by Crippen LogP contribution is -1.98. The Labute approximate surface area is 112 Å². The molecule has 1 aromatic heterocycles. The number of rotatable bonds is 3. The average Bonchev–Trinajstić information content (AvgIpc) is 2.30. The molecule has 0 spiro atoms. The van der Waals surface area contributed by atoms with Gasteiger partial charge in [0, 0.05) is 17.8 Å². The molecule has 0 unspecified atom stereocenters. The third-order valence-corrected chi connectivity index (χ3v) is 2.64. The second kappa shape index (κ2) is 5.30. The summed E-state index contributed by atoms with van der Waals surface area (Å²) in [5.74, 6) is 1.05. The molecule has 0 saturated heterocycles. The summed E-state index contributed by atoms with van der Waals surface area (Å²) in [6, 6.07) is 6.26. The van der Waals surface area contributed by atoms with Crippen molar-refractivity contribution in [1.29, 1.82) is 0 Å². The largest absolute Gasteiger partial charge is 0.494 e. The zero-order valence-electron chi connectivity index (χ0n) is 9.87. The van der Waals surface area contributed by atoms with Gasteiger partial charge in [-0.25, -0.2) is 14.4 Å². The molecule has 6 heteroatoms. The fraction of sp³-hybridized carbons (Fsp3) is 0.167. The van der Waals surface area contributed by atoms with Crippen molar-refractivity contribution in [1.82, 2.24) is 9.97 Å². The minimum absolute atomic E-state index is 0.185. The Morgan fingerprint density at radius 1 is 1.28 bits per heavy atom. The van der Waals surface area contributed by atoms with Crippen LogP contribution in [0.3, 0.4) is 0 Å². The molecule has 2 aromatic rings. The third kappa shape index (κ3) is 2.95. The molecule has 1 N–H and O–H groups in total. The second-order valence-electron chi connectivity index (χ2n) is 3.60. The maximum Gasteiger partial charge on any atom is 0.165 e. The maximum absolute atomic E-state index is 13.3. The van der Waals surface area contributed by atoms with Crippen molar-refractivity contribution in [3.63, 3.8) is 0 Å². The number of nitrogens with zero attached hydrogens (tertiary/aromatic N) is 2. The van der Waals surface area contributed by atoms with Gasteiger partial charge in [0.2, 0.25) is 0 Å². The van der Waals surface area contributed by atoms with Crippen molar-refractivity contribution in [2.24, 2.45) is 0 Å². The van der Waals surface area contributed by atoms with Crippen molar-refractivity contribution >= 4 is 27.4 Å². The van der Waals surface area contributed by atoms with Gasteiger partial charge in [-0.05, 0) is 35.0 Å². The van der Waals surface area contributed by atoms with E-state index in [1.165, 1.54) is 13.2 Å². The van der Waals surface area contributed by atoms with Gasteiger partial charge in [-0.3, -0.25) is 0 Å². The lowest BCUT2D eigenvalue weighted by molar-refractivity contribution is 0.387. The monoisotopic (exact) mass is 311 g/mol. The highest BCUT2D eigenvalue weighted by atomic mass is 79.9. The van der Waals surface area contributed by atoms with Gasteiger partial charge in [0.1, 0.15) is 16.2 Å². The van der Waals surface area contributed by atoms with E-state index in [0.717, 1.165) is 0 Å². The molecular weight excluding hydrogens is 301 g/mol. The number of anilines is 2. The minimum atomic E-state index is -0.400. The van der Waals surface area contributed by atoms with Crippen LogP contribution in [0.5, 0.6) is 5.75 Å². The van der Waals surface area contributed by atoms with Crippen LogP contribution in [0, 0.1) is 12.7 Å². The van der Waals surface area contributed by atoms with Crippen LogP contribution in [0.4, 0.5) is 15.9 Å². The van der Waals surface area contributed by atoms with E-state index >= 15 is 0 Å². The summed E-state index contributed by atoms with van der Waals surface area (Å²) in [7, 11) is 1.42. The van der Waals surface area contributed by atoms with Gasteiger partial charge in [-0.1, -0.05) is 0 Å². The van der Waals surface area contributed by atoms with Crippen LogP contribution in [-0.4, -0.2) is 17.1 Å². The summed E-state index contributed by atoms with van der Waals surface area (Å²) < 4.78 is 18.9. The summed E-state index contributed by atoms with van der Waals surface area (Å²) >= 11 is 3.29. The Kier molecular flexibility index (Phi) is 3.76. The predicted octanol–water partition coefficient (Wildman–Crippen LogP) is 3.44. The first-order valence-corrected chi connectivity index (χ1v) is 5.99. The number of hydrogen-bond acceptors (Lipinski definition) is 4. The molecule has 0 saturated carbocycles. The average molecular weight is 312 g/mol. The third-order valence-electron chi connectivity index (χ3n) is 2.23. The number of halogens is 2. The number of nitrogens with one attached hydrogen (secondary N) is 1. The normalized spacial score (nSPS) is 10.2. The predicted molar refractivity (Wildman–Crippen MR) is 70.7 cm³/mol. The van der Waals surface area contributed by atoms with E-state index in [-0.39, 0.29) is 5.75 Å². The highest BCUT2D eigenvalue weighted by Gasteiger charge is 2.05. The molecule has 94 valence electrons. The SMILES string of the molecule is COc1cc(Nc2cc(Br)nc(C)n2)ccc1F. The minimum Gasteiger partial charge on any atom is -0.494 e. The van der Waals surface area contributed by atoms with Crippen molar-refractivity contribution in [2.45, 2.75) is 6.92 Å². The first kappa shape index (κ1) is 12.8. The molecule has 0 radical (unpaired) electrons.